The Balaban J connectivity index is 1.99. The van der Waals surface area contributed by atoms with Gasteiger partial charge in [-0.15, -0.1) is 0 Å². The Morgan fingerprint density at radius 1 is 0.958 bits per heavy atom. The van der Waals surface area contributed by atoms with Gasteiger partial charge in [0.25, 0.3) is 8.32 Å². The standard InChI is InChI=1S/C21H28O2Si/c1-21(2,3)24(18-10-6-4-7-11-18,19-12-8-5-9-13-19)23-15-14-17-16-20(17)22/h4-13,17,20,22H,14-16H2,1-3H3. The first-order chi connectivity index (χ1) is 11.4. The first-order valence-electron chi connectivity index (χ1n) is 8.88. The molecule has 1 N–H and O–H groups in total. The number of rotatable bonds is 6. The van der Waals surface area contributed by atoms with Crippen LogP contribution in [0.1, 0.15) is 33.6 Å². The van der Waals surface area contributed by atoms with Gasteiger partial charge in [-0.05, 0) is 34.2 Å². The van der Waals surface area contributed by atoms with Gasteiger partial charge < -0.3 is 9.53 Å². The fourth-order valence-electron chi connectivity index (χ4n) is 3.67. The second-order valence-electron chi connectivity index (χ2n) is 7.86. The van der Waals surface area contributed by atoms with Gasteiger partial charge in [-0.3, -0.25) is 0 Å². The molecule has 0 heterocycles. The Hall–Kier alpha value is -1.42. The van der Waals surface area contributed by atoms with Crippen LogP contribution in [0.25, 0.3) is 0 Å². The van der Waals surface area contributed by atoms with Crippen LogP contribution < -0.4 is 10.4 Å². The molecule has 0 radical (unpaired) electrons. The third kappa shape index (κ3) is 3.34. The lowest BCUT2D eigenvalue weighted by atomic mass is 10.2. The SMILES string of the molecule is CC(C)(C)[Si](OCCC1CC1O)(c1ccccc1)c1ccccc1. The second kappa shape index (κ2) is 6.83. The van der Waals surface area contributed by atoms with Gasteiger partial charge in [0.15, 0.2) is 0 Å². The Labute approximate surface area is 146 Å². The van der Waals surface area contributed by atoms with Crippen molar-refractivity contribution < 1.29 is 9.53 Å². The highest BCUT2D eigenvalue weighted by Gasteiger charge is 2.50. The highest BCUT2D eigenvalue weighted by atomic mass is 28.4. The summed E-state index contributed by atoms with van der Waals surface area (Å²) in [7, 11) is -2.39. The number of hydrogen-bond acceptors (Lipinski definition) is 2. The van der Waals surface area contributed by atoms with Gasteiger partial charge in [0.2, 0.25) is 0 Å². The fraction of sp³-hybridized carbons (Fsp3) is 0.429. The van der Waals surface area contributed by atoms with E-state index in [1.54, 1.807) is 0 Å². The first kappa shape index (κ1) is 17.4. The lowest BCUT2D eigenvalue weighted by Gasteiger charge is -2.43. The fourth-order valence-corrected chi connectivity index (χ4v) is 8.25. The summed E-state index contributed by atoms with van der Waals surface area (Å²) in [6.07, 6.45) is 1.78. The molecular formula is C21H28O2Si. The van der Waals surface area contributed by atoms with Gasteiger partial charge in [-0.1, -0.05) is 81.4 Å². The lowest BCUT2D eigenvalue weighted by molar-refractivity contribution is 0.234. The molecular weight excluding hydrogens is 312 g/mol. The lowest BCUT2D eigenvalue weighted by Crippen LogP contribution is -2.66. The summed E-state index contributed by atoms with van der Waals surface area (Å²) in [6, 6.07) is 21.5. The quantitative estimate of drug-likeness (QED) is 0.817. The van der Waals surface area contributed by atoms with Crippen LogP contribution in [0.15, 0.2) is 60.7 Å². The molecule has 0 aromatic heterocycles. The van der Waals surface area contributed by atoms with Crippen LogP contribution >= 0.6 is 0 Å². The minimum atomic E-state index is -2.39. The molecule has 2 unspecified atom stereocenters. The zero-order chi connectivity index (χ0) is 17.2. The predicted molar refractivity (Wildman–Crippen MR) is 102 cm³/mol. The van der Waals surface area contributed by atoms with Gasteiger partial charge in [0, 0.05) is 6.61 Å². The largest absolute Gasteiger partial charge is 0.407 e. The smallest absolute Gasteiger partial charge is 0.261 e. The second-order valence-corrected chi connectivity index (χ2v) is 12.2. The van der Waals surface area contributed by atoms with Crippen molar-refractivity contribution in [3.63, 3.8) is 0 Å². The van der Waals surface area contributed by atoms with Crippen molar-refractivity contribution in [2.75, 3.05) is 6.61 Å². The summed E-state index contributed by atoms with van der Waals surface area (Å²) < 4.78 is 6.79. The molecule has 1 fully saturated rings. The highest BCUT2D eigenvalue weighted by Crippen LogP contribution is 2.38. The van der Waals surface area contributed by atoms with Crippen molar-refractivity contribution >= 4 is 18.7 Å². The van der Waals surface area contributed by atoms with Gasteiger partial charge in [-0.2, -0.15) is 0 Å². The van der Waals surface area contributed by atoms with Gasteiger partial charge in [0.1, 0.15) is 0 Å². The zero-order valence-electron chi connectivity index (χ0n) is 14.9. The number of benzene rings is 2. The Bertz CT molecular complexity index is 609. The molecule has 0 bridgehead atoms. The normalized spacial score (nSPS) is 20.8. The van der Waals surface area contributed by atoms with Crippen LogP contribution in [0.3, 0.4) is 0 Å². The summed E-state index contributed by atoms with van der Waals surface area (Å²) in [4.78, 5) is 0. The van der Waals surface area contributed by atoms with Crippen molar-refractivity contribution in [2.24, 2.45) is 5.92 Å². The maximum Gasteiger partial charge on any atom is 0.261 e. The van der Waals surface area contributed by atoms with E-state index in [0.717, 1.165) is 19.4 Å². The Morgan fingerprint density at radius 3 is 1.79 bits per heavy atom. The van der Waals surface area contributed by atoms with Crippen molar-refractivity contribution in [3.8, 4) is 0 Å². The molecule has 3 rings (SSSR count). The van der Waals surface area contributed by atoms with Gasteiger partial charge >= 0.3 is 0 Å². The highest BCUT2D eigenvalue weighted by molar-refractivity contribution is 6.99. The van der Waals surface area contributed by atoms with E-state index in [2.05, 4.69) is 81.4 Å². The Kier molecular flexibility index (Phi) is 4.95. The molecule has 2 aromatic carbocycles. The average molecular weight is 341 g/mol. The number of aliphatic hydroxyl groups is 1. The van der Waals surface area contributed by atoms with E-state index < -0.39 is 8.32 Å². The van der Waals surface area contributed by atoms with E-state index in [0.29, 0.717) is 5.92 Å². The molecule has 0 amide bonds. The molecule has 0 saturated heterocycles. The molecule has 1 aliphatic rings. The summed E-state index contributed by atoms with van der Waals surface area (Å²) >= 11 is 0. The Morgan fingerprint density at radius 2 is 1.42 bits per heavy atom. The molecule has 1 saturated carbocycles. The molecule has 0 spiro atoms. The molecule has 24 heavy (non-hydrogen) atoms. The van der Waals surface area contributed by atoms with Gasteiger partial charge in [-0.25, -0.2) is 0 Å². The predicted octanol–water partition coefficient (Wildman–Crippen LogP) is 3.33. The van der Waals surface area contributed by atoms with Crippen LogP contribution in [-0.4, -0.2) is 26.1 Å². The van der Waals surface area contributed by atoms with E-state index in [1.165, 1.54) is 10.4 Å². The maximum atomic E-state index is 9.61. The van der Waals surface area contributed by atoms with Crippen LogP contribution in [-0.2, 0) is 4.43 Å². The number of hydrogen-bond donors (Lipinski definition) is 1. The summed E-state index contributed by atoms with van der Waals surface area (Å²) in [6.45, 7) is 7.61. The van der Waals surface area contributed by atoms with Crippen LogP contribution in [0.5, 0.6) is 0 Å². The topological polar surface area (TPSA) is 29.5 Å². The minimum Gasteiger partial charge on any atom is -0.407 e. The van der Waals surface area contributed by atoms with Crippen molar-refractivity contribution in [1.82, 2.24) is 0 Å². The zero-order valence-corrected chi connectivity index (χ0v) is 15.9. The molecule has 2 atom stereocenters. The average Bonchev–Trinajstić information content (AvgIpc) is 3.27. The van der Waals surface area contributed by atoms with Crippen LogP contribution in [0.2, 0.25) is 5.04 Å². The van der Waals surface area contributed by atoms with Crippen molar-refractivity contribution in [2.45, 2.75) is 44.8 Å². The maximum absolute atomic E-state index is 9.61. The monoisotopic (exact) mass is 340 g/mol. The van der Waals surface area contributed by atoms with Crippen molar-refractivity contribution in [3.05, 3.63) is 60.7 Å². The molecule has 0 aliphatic heterocycles. The summed E-state index contributed by atoms with van der Waals surface area (Å²) in [5, 5.41) is 12.3. The minimum absolute atomic E-state index is 0.0257. The van der Waals surface area contributed by atoms with E-state index in [4.69, 9.17) is 4.43 Å². The molecule has 2 aromatic rings. The molecule has 128 valence electrons. The summed E-state index contributed by atoms with van der Waals surface area (Å²) in [5.41, 5.74) is 0. The summed E-state index contributed by atoms with van der Waals surface area (Å²) in [5.74, 6) is 0.434. The molecule has 3 heteroatoms. The van der Waals surface area contributed by atoms with E-state index >= 15 is 0 Å². The molecule has 1 aliphatic carbocycles. The van der Waals surface area contributed by atoms with E-state index in [1.807, 2.05) is 0 Å². The number of aliphatic hydroxyl groups excluding tert-OH is 1. The van der Waals surface area contributed by atoms with Gasteiger partial charge in [0.05, 0.1) is 6.10 Å². The van der Waals surface area contributed by atoms with E-state index in [-0.39, 0.29) is 11.1 Å². The molecule has 2 nitrogen and oxygen atoms in total. The van der Waals surface area contributed by atoms with E-state index in [9.17, 15) is 5.11 Å². The van der Waals surface area contributed by atoms with Crippen LogP contribution in [0, 0.1) is 5.92 Å². The van der Waals surface area contributed by atoms with Crippen molar-refractivity contribution in [1.29, 1.82) is 0 Å². The first-order valence-corrected chi connectivity index (χ1v) is 10.8. The third-order valence-corrected chi connectivity index (χ3v) is 10.2. The third-order valence-electron chi connectivity index (χ3n) is 5.11. The van der Waals surface area contributed by atoms with Crippen LogP contribution in [0.4, 0.5) is 0 Å².